The first-order valence-corrected chi connectivity index (χ1v) is 12.6. The number of nitrogens with one attached hydrogen (secondary N) is 2. The molecule has 0 aliphatic heterocycles. The molecule has 4 rings (SSSR count). The normalized spacial score (nSPS) is 22.5. The third-order valence-electron chi connectivity index (χ3n) is 7.31. The molecule has 2 fully saturated rings. The molecule has 31 heavy (non-hydrogen) atoms. The predicted molar refractivity (Wildman–Crippen MR) is 132 cm³/mol. The third-order valence-corrected chi connectivity index (χ3v) is 7.31. The smallest absolute Gasteiger partial charge is 0.225 e. The fourth-order valence-electron chi connectivity index (χ4n) is 5.46. The van der Waals surface area contributed by atoms with Gasteiger partial charge in [0.15, 0.2) is 0 Å². The molecule has 0 radical (unpaired) electrons. The van der Waals surface area contributed by atoms with Crippen LogP contribution >= 0.6 is 0 Å². The van der Waals surface area contributed by atoms with Crippen molar-refractivity contribution in [2.75, 3.05) is 37.4 Å². The maximum absolute atomic E-state index is 4.81. The minimum absolute atomic E-state index is 0.485. The number of fused-ring (bicyclic) bond motifs is 1. The first-order chi connectivity index (χ1) is 15.2. The van der Waals surface area contributed by atoms with Crippen LogP contribution in [0.4, 0.5) is 11.8 Å². The van der Waals surface area contributed by atoms with E-state index in [1.165, 1.54) is 83.7 Å². The molecule has 170 valence electrons. The molecule has 0 amide bonds. The summed E-state index contributed by atoms with van der Waals surface area (Å²) >= 11 is 0. The van der Waals surface area contributed by atoms with Gasteiger partial charge in [0.1, 0.15) is 5.82 Å². The van der Waals surface area contributed by atoms with Gasteiger partial charge in [0.25, 0.3) is 0 Å². The van der Waals surface area contributed by atoms with Crippen molar-refractivity contribution in [2.45, 2.75) is 76.7 Å². The van der Waals surface area contributed by atoms with Crippen LogP contribution in [0.5, 0.6) is 0 Å². The van der Waals surface area contributed by atoms with E-state index in [1.807, 2.05) is 20.2 Å². The summed E-state index contributed by atoms with van der Waals surface area (Å²) in [6, 6.07) is 8.76. The molecule has 0 spiro atoms. The highest BCUT2D eigenvalue weighted by Gasteiger charge is 2.22. The van der Waals surface area contributed by atoms with E-state index in [1.54, 1.807) is 0 Å². The maximum atomic E-state index is 4.81. The fraction of sp³-hybridized carbons (Fsp3) is 0.692. The van der Waals surface area contributed by atoms with Crippen molar-refractivity contribution < 1.29 is 0 Å². The molecule has 0 bridgehead atoms. The number of hydrogen-bond acceptors (Lipinski definition) is 5. The molecule has 1 aromatic heterocycles. The fourth-order valence-corrected chi connectivity index (χ4v) is 5.46. The first kappa shape index (κ1) is 22.3. The number of para-hydroxylation sites is 1. The van der Waals surface area contributed by atoms with Crippen LogP contribution in [0.1, 0.15) is 70.6 Å². The van der Waals surface area contributed by atoms with Gasteiger partial charge in [-0.15, -0.1) is 0 Å². The largest absolute Gasteiger partial charge is 0.362 e. The number of benzene rings is 1. The molecule has 5 heteroatoms. The predicted octanol–water partition coefficient (Wildman–Crippen LogP) is 5.62. The SMILES string of the molecule is CN(C)c1nc(NC2CCC(CNCCCC3CCCCC3)CC2)nc2ccccc12. The van der Waals surface area contributed by atoms with Gasteiger partial charge in [0.2, 0.25) is 5.95 Å². The van der Waals surface area contributed by atoms with Crippen molar-refractivity contribution >= 4 is 22.7 Å². The van der Waals surface area contributed by atoms with Crippen LogP contribution in [0.15, 0.2) is 24.3 Å². The lowest BCUT2D eigenvalue weighted by molar-refractivity contribution is 0.311. The van der Waals surface area contributed by atoms with Crippen molar-refractivity contribution in [3.8, 4) is 0 Å². The summed E-state index contributed by atoms with van der Waals surface area (Å²) in [4.78, 5) is 11.7. The van der Waals surface area contributed by atoms with Crippen LogP contribution in [-0.4, -0.2) is 43.2 Å². The lowest BCUT2D eigenvalue weighted by atomic mass is 9.85. The number of aromatic nitrogens is 2. The van der Waals surface area contributed by atoms with Gasteiger partial charge < -0.3 is 15.5 Å². The van der Waals surface area contributed by atoms with E-state index in [0.717, 1.165) is 34.5 Å². The molecule has 2 saturated carbocycles. The zero-order valence-corrected chi connectivity index (χ0v) is 19.6. The van der Waals surface area contributed by atoms with Crippen LogP contribution in [0.3, 0.4) is 0 Å². The summed E-state index contributed by atoms with van der Waals surface area (Å²) in [5, 5.41) is 8.49. The van der Waals surface area contributed by atoms with Crippen LogP contribution in [0, 0.1) is 11.8 Å². The zero-order chi connectivity index (χ0) is 21.5. The second-order valence-electron chi connectivity index (χ2n) is 9.99. The molecule has 0 saturated heterocycles. The monoisotopic (exact) mass is 423 g/mol. The third kappa shape index (κ3) is 6.31. The average molecular weight is 424 g/mol. The number of hydrogen-bond donors (Lipinski definition) is 2. The molecular formula is C26H41N5. The quantitative estimate of drug-likeness (QED) is 0.513. The van der Waals surface area contributed by atoms with Crippen LogP contribution < -0.4 is 15.5 Å². The molecule has 5 nitrogen and oxygen atoms in total. The summed E-state index contributed by atoms with van der Waals surface area (Å²) in [5.74, 6) is 3.59. The molecule has 2 aromatic rings. The van der Waals surface area contributed by atoms with Gasteiger partial charge in [-0.05, 0) is 75.6 Å². The first-order valence-electron chi connectivity index (χ1n) is 12.6. The Hall–Kier alpha value is -1.88. The van der Waals surface area contributed by atoms with Crippen molar-refractivity contribution in [1.82, 2.24) is 15.3 Å². The Bertz CT molecular complexity index is 807. The lowest BCUT2D eigenvalue weighted by Crippen LogP contribution is -2.32. The minimum atomic E-state index is 0.485. The van der Waals surface area contributed by atoms with Gasteiger partial charge in [-0.2, -0.15) is 4.98 Å². The molecule has 1 heterocycles. The lowest BCUT2D eigenvalue weighted by Gasteiger charge is -2.29. The Kier molecular flexibility index (Phi) is 8.01. The van der Waals surface area contributed by atoms with Gasteiger partial charge in [-0.25, -0.2) is 4.98 Å². The van der Waals surface area contributed by atoms with Crippen molar-refractivity contribution in [2.24, 2.45) is 11.8 Å². The van der Waals surface area contributed by atoms with E-state index in [4.69, 9.17) is 9.97 Å². The van der Waals surface area contributed by atoms with Gasteiger partial charge in [-0.3, -0.25) is 0 Å². The van der Waals surface area contributed by atoms with Gasteiger partial charge in [0, 0.05) is 25.5 Å². The van der Waals surface area contributed by atoms with E-state index < -0.39 is 0 Å². The summed E-state index contributed by atoms with van der Waals surface area (Å²) in [7, 11) is 4.10. The number of anilines is 2. The van der Waals surface area contributed by atoms with Crippen LogP contribution in [0.2, 0.25) is 0 Å². The average Bonchev–Trinajstić information content (AvgIpc) is 2.80. The molecule has 0 unspecified atom stereocenters. The minimum Gasteiger partial charge on any atom is -0.362 e. The standard InChI is InChI=1S/C26H41N5/c1-31(2)25-23-12-6-7-13-24(23)29-26(30-25)28-22-16-14-21(15-17-22)19-27-18-8-11-20-9-4-3-5-10-20/h6-7,12-13,20-22,27H,3-5,8-11,14-19H2,1-2H3,(H,28,29,30). The van der Waals surface area contributed by atoms with E-state index >= 15 is 0 Å². The topological polar surface area (TPSA) is 53.1 Å². The summed E-state index contributed by atoms with van der Waals surface area (Å²) in [6.45, 7) is 2.39. The van der Waals surface area contributed by atoms with Crippen molar-refractivity contribution in [3.63, 3.8) is 0 Å². The van der Waals surface area contributed by atoms with E-state index in [-0.39, 0.29) is 0 Å². The van der Waals surface area contributed by atoms with E-state index in [2.05, 4.69) is 33.7 Å². The molecule has 2 aliphatic rings. The second kappa shape index (κ2) is 11.1. The van der Waals surface area contributed by atoms with Crippen LogP contribution in [0.25, 0.3) is 10.9 Å². The Morgan fingerprint density at radius 3 is 2.45 bits per heavy atom. The number of nitrogens with zero attached hydrogens (tertiary/aromatic N) is 3. The summed E-state index contributed by atoms with van der Waals surface area (Å²) in [6.07, 6.45) is 15.2. The molecule has 2 N–H and O–H groups in total. The van der Waals surface area contributed by atoms with Gasteiger partial charge >= 0.3 is 0 Å². The van der Waals surface area contributed by atoms with Gasteiger partial charge in [0.05, 0.1) is 5.52 Å². The Morgan fingerprint density at radius 2 is 1.68 bits per heavy atom. The van der Waals surface area contributed by atoms with E-state index in [9.17, 15) is 0 Å². The Morgan fingerprint density at radius 1 is 0.903 bits per heavy atom. The van der Waals surface area contributed by atoms with Crippen molar-refractivity contribution in [3.05, 3.63) is 24.3 Å². The molecule has 1 aromatic carbocycles. The highest BCUT2D eigenvalue weighted by molar-refractivity contribution is 5.90. The van der Waals surface area contributed by atoms with Gasteiger partial charge in [-0.1, -0.05) is 44.2 Å². The number of rotatable bonds is 9. The highest BCUT2D eigenvalue weighted by Crippen LogP contribution is 2.29. The Labute approximate surface area is 188 Å². The summed E-state index contributed by atoms with van der Waals surface area (Å²) in [5.41, 5.74) is 1.01. The Balaban J connectivity index is 1.19. The molecule has 2 aliphatic carbocycles. The highest BCUT2D eigenvalue weighted by atomic mass is 15.2. The van der Waals surface area contributed by atoms with E-state index in [0.29, 0.717) is 6.04 Å². The summed E-state index contributed by atoms with van der Waals surface area (Å²) < 4.78 is 0. The molecule has 0 atom stereocenters. The maximum Gasteiger partial charge on any atom is 0.225 e. The second-order valence-corrected chi connectivity index (χ2v) is 9.99. The zero-order valence-electron chi connectivity index (χ0n) is 19.6. The van der Waals surface area contributed by atoms with Crippen molar-refractivity contribution in [1.29, 1.82) is 0 Å². The van der Waals surface area contributed by atoms with Crippen LogP contribution in [-0.2, 0) is 0 Å². The molecular weight excluding hydrogens is 382 g/mol.